The first kappa shape index (κ1) is 22.6. The normalized spacial score (nSPS) is 15.0. The third-order valence-corrected chi connectivity index (χ3v) is 6.59. The van der Waals surface area contributed by atoms with Crippen LogP contribution in [0.15, 0.2) is 53.4 Å². The highest BCUT2D eigenvalue weighted by Gasteiger charge is 2.29. The second-order valence-electron chi connectivity index (χ2n) is 7.52. The van der Waals surface area contributed by atoms with Gasteiger partial charge in [0.1, 0.15) is 11.9 Å². The van der Waals surface area contributed by atoms with Crippen molar-refractivity contribution in [2.45, 2.75) is 56.1 Å². The lowest BCUT2D eigenvalue weighted by Crippen LogP contribution is -2.50. The molecule has 3 rings (SSSR count). The summed E-state index contributed by atoms with van der Waals surface area (Å²) in [7, 11) is 0. The van der Waals surface area contributed by atoms with Crippen LogP contribution in [0.3, 0.4) is 0 Å². The van der Waals surface area contributed by atoms with Gasteiger partial charge in [-0.2, -0.15) is 0 Å². The molecule has 1 atom stereocenters. The highest BCUT2D eigenvalue weighted by Crippen LogP contribution is 2.23. The zero-order valence-electron chi connectivity index (χ0n) is 16.9. The molecule has 7 heteroatoms. The summed E-state index contributed by atoms with van der Waals surface area (Å²) in [6, 6.07) is 13.0. The minimum Gasteiger partial charge on any atom is -0.352 e. The molecule has 160 valence electrons. The van der Waals surface area contributed by atoms with E-state index in [2.05, 4.69) is 5.32 Å². The van der Waals surface area contributed by atoms with Gasteiger partial charge < -0.3 is 10.2 Å². The third kappa shape index (κ3) is 6.22. The Morgan fingerprint density at radius 3 is 2.50 bits per heavy atom. The van der Waals surface area contributed by atoms with E-state index < -0.39 is 6.04 Å². The van der Waals surface area contributed by atoms with Crippen molar-refractivity contribution in [1.82, 2.24) is 10.2 Å². The van der Waals surface area contributed by atoms with Crippen LogP contribution >= 0.6 is 23.4 Å². The van der Waals surface area contributed by atoms with Crippen molar-refractivity contribution in [3.63, 3.8) is 0 Å². The van der Waals surface area contributed by atoms with Crippen LogP contribution in [0.1, 0.15) is 38.2 Å². The fraction of sp³-hybridized carbons (Fsp3) is 0.391. The monoisotopic (exact) mass is 448 g/mol. The Labute approximate surface area is 186 Å². The molecule has 1 aliphatic rings. The van der Waals surface area contributed by atoms with E-state index in [1.165, 1.54) is 22.7 Å². The number of halogens is 2. The number of carbonyl (C=O) groups is 2. The smallest absolute Gasteiger partial charge is 0.242 e. The Kier molecular flexibility index (Phi) is 8.16. The summed E-state index contributed by atoms with van der Waals surface area (Å²) in [6.45, 7) is 1.75. The first-order chi connectivity index (χ1) is 14.4. The van der Waals surface area contributed by atoms with Crippen LogP contribution < -0.4 is 5.32 Å². The second-order valence-corrected chi connectivity index (χ2v) is 9.01. The van der Waals surface area contributed by atoms with Gasteiger partial charge in [-0.1, -0.05) is 42.6 Å². The van der Waals surface area contributed by atoms with Gasteiger partial charge >= 0.3 is 0 Å². The Morgan fingerprint density at radius 1 is 1.17 bits per heavy atom. The molecule has 0 spiro atoms. The van der Waals surface area contributed by atoms with Crippen LogP contribution in [0.4, 0.5) is 4.39 Å². The topological polar surface area (TPSA) is 49.4 Å². The van der Waals surface area contributed by atoms with E-state index in [4.69, 9.17) is 11.6 Å². The molecule has 0 aliphatic heterocycles. The first-order valence-electron chi connectivity index (χ1n) is 10.2. The van der Waals surface area contributed by atoms with E-state index in [1.807, 2.05) is 12.1 Å². The Bertz CT molecular complexity index is 872. The molecule has 4 nitrogen and oxygen atoms in total. The van der Waals surface area contributed by atoms with Crippen LogP contribution in [0.25, 0.3) is 0 Å². The molecule has 0 radical (unpaired) electrons. The lowest BCUT2D eigenvalue weighted by atomic mass is 10.1. The van der Waals surface area contributed by atoms with Gasteiger partial charge in [-0.25, -0.2) is 4.39 Å². The van der Waals surface area contributed by atoms with Crippen LogP contribution in [-0.2, 0) is 16.1 Å². The zero-order valence-corrected chi connectivity index (χ0v) is 18.5. The maximum atomic E-state index is 14.2. The number of amides is 2. The van der Waals surface area contributed by atoms with Gasteiger partial charge in [0.05, 0.1) is 5.75 Å². The predicted molar refractivity (Wildman–Crippen MR) is 119 cm³/mol. The van der Waals surface area contributed by atoms with Crippen LogP contribution in [0.5, 0.6) is 0 Å². The predicted octanol–water partition coefficient (Wildman–Crippen LogP) is 5.05. The Morgan fingerprint density at radius 2 is 1.83 bits per heavy atom. The molecule has 0 aromatic heterocycles. The minimum atomic E-state index is -0.691. The van der Waals surface area contributed by atoms with E-state index in [1.54, 1.807) is 37.3 Å². The summed E-state index contributed by atoms with van der Waals surface area (Å²) < 4.78 is 14.2. The van der Waals surface area contributed by atoms with E-state index in [0.29, 0.717) is 10.6 Å². The van der Waals surface area contributed by atoms with Gasteiger partial charge in [0.15, 0.2) is 0 Å². The van der Waals surface area contributed by atoms with Crippen LogP contribution in [0, 0.1) is 5.82 Å². The fourth-order valence-electron chi connectivity index (χ4n) is 3.54. The number of carbonyl (C=O) groups excluding carboxylic acids is 2. The molecule has 1 aliphatic carbocycles. The van der Waals surface area contributed by atoms with Crippen molar-refractivity contribution < 1.29 is 14.0 Å². The standard InChI is InChI=1S/C23H26ClFN2O2S/c1-16(23(29)26-19-7-3-4-8-19)27(14-17-6-2-5-9-21(17)25)22(28)15-30-20-12-10-18(24)11-13-20/h2,5-6,9-13,16,19H,3-4,7-8,14-15H2,1H3,(H,26,29). The molecule has 0 saturated heterocycles. The molecule has 1 saturated carbocycles. The second kappa shape index (κ2) is 10.8. The summed E-state index contributed by atoms with van der Waals surface area (Å²) >= 11 is 7.28. The number of benzene rings is 2. The average molecular weight is 449 g/mol. The quantitative estimate of drug-likeness (QED) is 0.575. The Hall–Kier alpha value is -2.05. The van der Waals surface area contributed by atoms with E-state index in [9.17, 15) is 14.0 Å². The first-order valence-corrected chi connectivity index (χ1v) is 11.5. The Balaban J connectivity index is 1.71. The average Bonchev–Trinajstić information content (AvgIpc) is 3.25. The molecule has 2 amide bonds. The van der Waals surface area contributed by atoms with Crippen molar-refractivity contribution in [1.29, 1.82) is 0 Å². The molecule has 0 bridgehead atoms. The summed E-state index contributed by atoms with van der Waals surface area (Å²) in [5, 5.41) is 3.68. The minimum absolute atomic E-state index is 0.0476. The molecule has 1 unspecified atom stereocenters. The summed E-state index contributed by atoms with van der Waals surface area (Å²) in [5.74, 6) is -0.642. The van der Waals surface area contributed by atoms with Crippen LogP contribution in [0.2, 0.25) is 5.02 Å². The van der Waals surface area contributed by atoms with Gasteiger partial charge in [0.25, 0.3) is 0 Å². The molecular weight excluding hydrogens is 423 g/mol. The molecule has 30 heavy (non-hydrogen) atoms. The number of nitrogens with one attached hydrogen (secondary N) is 1. The largest absolute Gasteiger partial charge is 0.352 e. The van der Waals surface area contributed by atoms with Crippen molar-refractivity contribution in [3.8, 4) is 0 Å². The fourth-order valence-corrected chi connectivity index (χ4v) is 4.45. The van der Waals surface area contributed by atoms with Gasteiger partial charge in [0, 0.05) is 28.1 Å². The van der Waals surface area contributed by atoms with Gasteiger partial charge in [-0.05, 0) is 50.1 Å². The molecule has 2 aromatic carbocycles. The van der Waals surface area contributed by atoms with Gasteiger partial charge in [-0.3, -0.25) is 9.59 Å². The SMILES string of the molecule is CC(C(=O)NC1CCCC1)N(Cc1ccccc1F)C(=O)CSc1ccc(Cl)cc1. The lowest BCUT2D eigenvalue weighted by molar-refractivity contribution is -0.139. The van der Waals surface area contributed by atoms with Crippen LogP contribution in [-0.4, -0.2) is 34.6 Å². The number of hydrogen-bond acceptors (Lipinski definition) is 3. The summed E-state index contributed by atoms with van der Waals surface area (Å²) in [5.41, 5.74) is 0.392. The van der Waals surface area contributed by atoms with Crippen molar-refractivity contribution in [2.24, 2.45) is 0 Å². The molecule has 2 aromatic rings. The molecular formula is C23H26ClFN2O2S. The lowest BCUT2D eigenvalue weighted by Gasteiger charge is -2.29. The van der Waals surface area contributed by atoms with Crippen molar-refractivity contribution >= 4 is 35.2 Å². The summed E-state index contributed by atoms with van der Waals surface area (Å²) in [4.78, 5) is 28.2. The van der Waals surface area contributed by atoms with Crippen molar-refractivity contribution in [2.75, 3.05) is 5.75 Å². The zero-order chi connectivity index (χ0) is 21.5. The van der Waals surface area contributed by atoms with Gasteiger partial charge in [-0.15, -0.1) is 11.8 Å². The van der Waals surface area contributed by atoms with E-state index in [-0.39, 0.29) is 36.0 Å². The number of hydrogen-bond donors (Lipinski definition) is 1. The summed E-state index contributed by atoms with van der Waals surface area (Å²) in [6.07, 6.45) is 4.14. The van der Waals surface area contributed by atoms with E-state index >= 15 is 0 Å². The number of nitrogens with zero attached hydrogens (tertiary/aromatic N) is 1. The highest BCUT2D eigenvalue weighted by atomic mass is 35.5. The number of thioether (sulfide) groups is 1. The van der Waals surface area contributed by atoms with Crippen molar-refractivity contribution in [3.05, 3.63) is 64.9 Å². The van der Waals surface area contributed by atoms with E-state index in [0.717, 1.165) is 30.6 Å². The molecule has 1 N–H and O–H groups in total. The molecule has 0 heterocycles. The third-order valence-electron chi connectivity index (χ3n) is 5.34. The maximum Gasteiger partial charge on any atom is 0.242 e. The molecule has 1 fully saturated rings. The number of rotatable bonds is 8. The highest BCUT2D eigenvalue weighted by molar-refractivity contribution is 8.00. The maximum absolute atomic E-state index is 14.2. The van der Waals surface area contributed by atoms with Gasteiger partial charge in [0.2, 0.25) is 11.8 Å².